The molecule has 0 saturated heterocycles. The Morgan fingerprint density at radius 3 is 2.30 bits per heavy atom. The van der Waals surface area contributed by atoms with Crippen molar-refractivity contribution in [2.75, 3.05) is 0 Å². The second-order valence-corrected chi connectivity index (χ2v) is 3.98. The molecule has 0 aliphatic rings. The fourth-order valence-corrected chi connectivity index (χ4v) is 1.61. The number of nitrogens with zero attached hydrogens (tertiary/aromatic N) is 2. The third-order valence-corrected chi connectivity index (χ3v) is 2.46. The minimum Gasteiger partial charge on any atom is -0.255 e. The summed E-state index contributed by atoms with van der Waals surface area (Å²) in [6.45, 7) is -0.414. The molecule has 1 radical (unpaired) electrons. The molecule has 0 amide bonds. The van der Waals surface area contributed by atoms with Crippen LogP contribution in [0.3, 0.4) is 0 Å². The quantitative estimate of drug-likeness (QED) is 0.771. The zero-order valence-corrected chi connectivity index (χ0v) is 9.76. The lowest BCUT2D eigenvalue weighted by atomic mass is 10.2. The molecule has 8 heteroatoms. The summed E-state index contributed by atoms with van der Waals surface area (Å²) in [7, 11) is 0. The van der Waals surface area contributed by atoms with E-state index in [9.17, 15) is 26.3 Å². The topological polar surface area (TPSA) is 17.8 Å². The predicted molar refractivity (Wildman–Crippen MR) is 56.6 cm³/mol. The smallest absolute Gasteiger partial charge is 0.255 e. The third-order valence-electron chi connectivity index (χ3n) is 2.46. The molecule has 1 aromatic heterocycles. The molecule has 107 valence electrons. The lowest BCUT2D eigenvalue weighted by Crippen LogP contribution is -2.15. The summed E-state index contributed by atoms with van der Waals surface area (Å²) in [6.07, 6.45) is -9.83. The van der Waals surface area contributed by atoms with Crippen molar-refractivity contribution < 1.29 is 26.3 Å². The largest absolute Gasteiger partial charge is 0.435 e. The maximum absolute atomic E-state index is 12.7. The van der Waals surface area contributed by atoms with Crippen molar-refractivity contribution in [1.29, 1.82) is 0 Å². The van der Waals surface area contributed by atoms with Gasteiger partial charge in [0, 0.05) is 6.07 Å². The Kier molecular flexibility index (Phi) is 3.49. The van der Waals surface area contributed by atoms with Crippen LogP contribution in [0.4, 0.5) is 26.3 Å². The van der Waals surface area contributed by atoms with Gasteiger partial charge in [-0.2, -0.15) is 31.4 Å². The Balaban J connectivity index is 2.43. The molecule has 0 fully saturated rings. The summed E-state index contributed by atoms with van der Waals surface area (Å²) in [5, 5.41) is 3.00. The van der Waals surface area contributed by atoms with Crippen LogP contribution in [-0.2, 0) is 18.9 Å². The molecule has 0 aliphatic heterocycles. The highest BCUT2D eigenvalue weighted by Gasteiger charge is 2.41. The van der Waals surface area contributed by atoms with Gasteiger partial charge in [-0.05, 0) is 17.7 Å². The zero-order valence-electron chi connectivity index (χ0n) is 9.76. The van der Waals surface area contributed by atoms with Crippen molar-refractivity contribution in [2.45, 2.75) is 18.9 Å². The minimum absolute atomic E-state index is 0.00660. The summed E-state index contributed by atoms with van der Waals surface area (Å²) >= 11 is 0. The molecular weight excluding hydrogens is 286 g/mol. The predicted octanol–water partition coefficient (Wildman–Crippen LogP) is 3.77. The molecule has 2 aromatic rings. The second kappa shape index (κ2) is 4.84. The zero-order chi connectivity index (χ0) is 15.0. The fourth-order valence-electron chi connectivity index (χ4n) is 1.61. The summed E-state index contributed by atoms with van der Waals surface area (Å²) in [6, 6.07) is 8.55. The van der Waals surface area contributed by atoms with Gasteiger partial charge >= 0.3 is 12.4 Å². The molecule has 1 heterocycles. The Labute approximate surface area is 109 Å². The van der Waals surface area contributed by atoms with Gasteiger partial charge in [0.1, 0.15) is 5.69 Å². The monoisotopic (exact) mass is 293 g/mol. The van der Waals surface area contributed by atoms with Crippen molar-refractivity contribution >= 4 is 0 Å². The summed E-state index contributed by atoms with van der Waals surface area (Å²) in [4.78, 5) is 0. The fraction of sp³-hybridized carbons (Fsp3) is 0.250. The van der Waals surface area contributed by atoms with Crippen LogP contribution in [0.15, 0.2) is 30.3 Å². The maximum atomic E-state index is 12.7. The summed E-state index contributed by atoms with van der Waals surface area (Å²) < 4.78 is 75.8. The first-order valence-corrected chi connectivity index (χ1v) is 5.35. The highest BCUT2D eigenvalue weighted by atomic mass is 19.4. The van der Waals surface area contributed by atoms with Crippen LogP contribution in [0.25, 0.3) is 0 Å². The van der Waals surface area contributed by atoms with E-state index in [2.05, 4.69) is 11.2 Å². The van der Waals surface area contributed by atoms with E-state index in [0.29, 0.717) is 10.2 Å². The van der Waals surface area contributed by atoms with Gasteiger partial charge < -0.3 is 0 Å². The van der Waals surface area contributed by atoms with E-state index in [-0.39, 0.29) is 6.07 Å². The first kappa shape index (κ1) is 14.4. The summed E-state index contributed by atoms with van der Waals surface area (Å²) in [5.74, 6) is 0. The first-order valence-electron chi connectivity index (χ1n) is 5.35. The van der Waals surface area contributed by atoms with E-state index in [1.807, 2.05) is 0 Å². The Morgan fingerprint density at radius 2 is 1.80 bits per heavy atom. The van der Waals surface area contributed by atoms with Gasteiger partial charge in [-0.3, -0.25) is 4.68 Å². The van der Waals surface area contributed by atoms with E-state index < -0.39 is 30.3 Å². The first-order chi connectivity index (χ1) is 9.18. The van der Waals surface area contributed by atoms with Crippen molar-refractivity contribution in [3.05, 3.63) is 53.3 Å². The minimum atomic E-state index is -4.92. The van der Waals surface area contributed by atoms with Crippen LogP contribution in [0.1, 0.15) is 17.0 Å². The van der Waals surface area contributed by atoms with Crippen molar-refractivity contribution in [1.82, 2.24) is 9.78 Å². The molecule has 0 saturated carbocycles. The van der Waals surface area contributed by atoms with Gasteiger partial charge in [0.15, 0.2) is 5.69 Å². The summed E-state index contributed by atoms with van der Waals surface area (Å²) in [5.41, 5.74) is -2.63. The van der Waals surface area contributed by atoms with Gasteiger partial charge in [-0.15, -0.1) is 0 Å². The lowest BCUT2D eigenvalue weighted by Gasteiger charge is -2.09. The molecule has 1 aromatic carbocycles. The lowest BCUT2D eigenvalue weighted by molar-refractivity contribution is -0.144. The average Bonchev–Trinajstić information content (AvgIpc) is 2.74. The van der Waals surface area contributed by atoms with Crippen LogP contribution in [0, 0.1) is 6.07 Å². The van der Waals surface area contributed by atoms with Gasteiger partial charge in [0.2, 0.25) is 0 Å². The Morgan fingerprint density at radius 1 is 1.10 bits per heavy atom. The highest BCUT2D eigenvalue weighted by molar-refractivity contribution is 5.19. The number of hydrogen-bond donors (Lipinski definition) is 0. The van der Waals surface area contributed by atoms with Crippen LogP contribution in [-0.4, -0.2) is 9.78 Å². The second-order valence-electron chi connectivity index (χ2n) is 3.98. The van der Waals surface area contributed by atoms with Gasteiger partial charge in [0.05, 0.1) is 6.54 Å². The van der Waals surface area contributed by atoms with Gasteiger partial charge in [-0.1, -0.05) is 18.2 Å². The van der Waals surface area contributed by atoms with Crippen LogP contribution < -0.4 is 0 Å². The van der Waals surface area contributed by atoms with Crippen LogP contribution in [0.2, 0.25) is 0 Å². The van der Waals surface area contributed by atoms with Crippen molar-refractivity contribution in [3.8, 4) is 0 Å². The number of benzene rings is 1. The van der Waals surface area contributed by atoms with E-state index in [1.165, 1.54) is 24.3 Å². The number of rotatable bonds is 2. The number of halogens is 6. The number of alkyl halides is 6. The van der Waals surface area contributed by atoms with E-state index in [1.54, 1.807) is 0 Å². The SMILES string of the molecule is FC(F)(F)c1cc(C(F)(F)F)n(Cc2c[c]ccc2)n1. The molecule has 0 spiro atoms. The van der Waals surface area contributed by atoms with Crippen molar-refractivity contribution in [2.24, 2.45) is 0 Å². The normalized spacial score (nSPS) is 12.7. The van der Waals surface area contributed by atoms with Crippen LogP contribution in [0.5, 0.6) is 0 Å². The molecular formula is C12H7F6N2. The van der Waals surface area contributed by atoms with E-state index in [4.69, 9.17) is 0 Å². The van der Waals surface area contributed by atoms with E-state index in [0.717, 1.165) is 0 Å². The van der Waals surface area contributed by atoms with Gasteiger partial charge in [-0.25, -0.2) is 0 Å². The van der Waals surface area contributed by atoms with Crippen LogP contribution >= 0.6 is 0 Å². The van der Waals surface area contributed by atoms with Gasteiger partial charge in [0.25, 0.3) is 0 Å². The molecule has 2 nitrogen and oxygen atoms in total. The third kappa shape index (κ3) is 3.12. The van der Waals surface area contributed by atoms with Crippen molar-refractivity contribution in [3.63, 3.8) is 0 Å². The maximum Gasteiger partial charge on any atom is 0.435 e. The number of hydrogen-bond acceptors (Lipinski definition) is 1. The molecule has 20 heavy (non-hydrogen) atoms. The number of aromatic nitrogens is 2. The average molecular weight is 293 g/mol. The van der Waals surface area contributed by atoms with E-state index >= 15 is 0 Å². The molecule has 0 aliphatic carbocycles. The Hall–Kier alpha value is -1.99. The Bertz CT molecular complexity index is 582. The molecule has 0 bridgehead atoms. The molecule has 2 rings (SSSR count). The standard InChI is InChI=1S/C12H7F6N2/c13-11(14,15)9-6-10(12(16,17)18)20(19-9)7-8-4-2-1-3-5-8/h1-2,4-6H,7H2. The molecule has 0 unspecified atom stereocenters. The molecule has 0 N–H and O–H groups in total. The molecule has 0 atom stereocenters. The highest BCUT2D eigenvalue weighted by Crippen LogP contribution is 2.35.